The first kappa shape index (κ1) is 15.2. The number of aromatic amines is 1. The molecule has 21 heavy (non-hydrogen) atoms. The second kappa shape index (κ2) is 7.01. The number of hydrogen-bond acceptors (Lipinski definition) is 3. The van der Waals surface area contributed by atoms with Gasteiger partial charge in [0.05, 0.1) is 0 Å². The molecule has 0 aliphatic heterocycles. The van der Waals surface area contributed by atoms with Crippen LogP contribution in [0.1, 0.15) is 74.6 Å². The fourth-order valence-electron chi connectivity index (χ4n) is 3.91. The summed E-state index contributed by atoms with van der Waals surface area (Å²) in [6.45, 7) is 0. The first-order chi connectivity index (χ1) is 10.3. The van der Waals surface area contributed by atoms with E-state index in [2.05, 4.69) is 4.98 Å². The molecular formula is C17H26N2OS. The Bertz CT molecular complexity index is 534. The molecule has 0 radical (unpaired) electrons. The van der Waals surface area contributed by atoms with E-state index in [-0.39, 0.29) is 6.10 Å². The van der Waals surface area contributed by atoms with Gasteiger partial charge in [0, 0.05) is 18.4 Å². The van der Waals surface area contributed by atoms with Crippen LogP contribution in [-0.4, -0.2) is 17.1 Å². The average molecular weight is 306 g/mol. The first-order valence-electron chi connectivity index (χ1n) is 8.44. The molecule has 0 amide bonds. The van der Waals surface area contributed by atoms with Crippen molar-refractivity contribution in [1.29, 1.82) is 0 Å². The number of rotatable bonds is 3. The van der Waals surface area contributed by atoms with Crippen LogP contribution in [0.25, 0.3) is 0 Å². The van der Waals surface area contributed by atoms with Gasteiger partial charge < -0.3 is 9.72 Å². The number of ether oxygens (including phenoxy) is 1. The van der Waals surface area contributed by atoms with Crippen LogP contribution in [0.3, 0.4) is 0 Å². The third kappa shape index (κ3) is 3.37. The molecule has 1 aromatic heterocycles. The lowest BCUT2D eigenvalue weighted by Crippen LogP contribution is -2.21. The Labute approximate surface area is 132 Å². The van der Waals surface area contributed by atoms with Crippen molar-refractivity contribution in [3.05, 3.63) is 21.7 Å². The van der Waals surface area contributed by atoms with Crippen molar-refractivity contribution in [3.63, 3.8) is 0 Å². The van der Waals surface area contributed by atoms with Crippen molar-refractivity contribution in [2.24, 2.45) is 5.92 Å². The maximum absolute atomic E-state index is 5.81. The van der Waals surface area contributed by atoms with Gasteiger partial charge in [-0.3, -0.25) is 0 Å². The Balaban J connectivity index is 1.91. The largest absolute Gasteiger partial charge is 0.373 e. The van der Waals surface area contributed by atoms with Gasteiger partial charge in [-0.2, -0.15) is 0 Å². The summed E-state index contributed by atoms with van der Waals surface area (Å²) >= 11 is 5.57. The number of aromatic nitrogens is 2. The van der Waals surface area contributed by atoms with Gasteiger partial charge in [-0.25, -0.2) is 4.98 Å². The van der Waals surface area contributed by atoms with E-state index in [9.17, 15) is 0 Å². The van der Waals surface area contributed by atoms with Crippen molar-refractivity contribution in [1.82, 2.24) is 9.97 Å². The molecule has 1 atom stereocenters. The summed E-state index contributed by atoms with van der Waals surface area (Å²) in [5.41, 5.74) is 2.60. The average Bonchev–Trinajstić information content (AvgIpc) is 2.75. The monoisotopic (exact) mass is 306 g/mol. The molecule has 1 fully saturated rings. The summed E-state index contributed by atoms with van der Waals surface area (Å²) in [6, 6.07) is 0. The Morgan fingerprint density at radius 1 is 1.10 bits per heavy atom. The van der Waals surface area contributed by atoms with E-state index in [1.807, 2.05) is 7.11 Å². The minimum atomic E-state index is 0.0838. The van der Waals surface area contributed by atoms with Crippen molar-refractivity contribution < 1.29 is 4.74 Å². The molecule has 4 heteroatoms. The fourth-order valence-corrected chi connectivity index (χ4v) is 4.24. The van der Waals surface area contributed by atoms with Gasteiger partial charge in [-0.1, -0.05) is 37.9 Å². The molecule has 1 N–H and O–H groups in total. The number of H-pyrrole nitrogens is 1. The van der Waals surface area contributed by atoms with Crippen LogP contribution in [0, 0.1) is 10.6 Å². The molecule has 0 spiro atoms. The van der Waals surface area contributed by atoms with Gasteiger partial charge in [0.2, 0.25) is 0 Å². The Hall–Kier alpha value is -0.740. The molecule has 1 unspecified atom stereocenters. The first-order valence-corrected chi connectivity index (χ1v) is 8.85. The van der Waals surface area contributed by atoms with Gasteiger partial charge in [0.1, 0.15) is 16.6 Å². The smallest absolute Gasteiger partial charge is 0.137 e. The van der Waals surface area contributed by atoms with Crippen LogP contribution in [-0.2, 0) is 17.6 Å². The molecule has 0 saturated heterocycles. The quantitative estimate of drug-likeness (QED) is 0.651. The number of methoxy groups -OCH3 is 1. The molecular weight excluding hydrogens is 280 g/mol. The molecule has 1 heterocycles. The molecule has 2 aliphatic carbocycles. The van der Waals surface area contributed by atoms with E-state index in [1.54, 1.807) is 0 Å². The third-order valence-corrected chi connectivity index (χ3v) is 5.42. The summed E-state index contributed by atoms with van der Waals surface area (Å²) in [5, 5.41) is 0. The molecule has 0 bridgehead atoms. The van der Waals surface area contributed by atoms with Crippen LogP contribution in [0.5, 0.6) is 0 Å². The second-order valence-electron chi connectivity index (χ2n) is 6.50. The van der Waals surface area contributed by atoms with Crippen molar-refractivity contribution in [2.45, 2.75) is 70.3 Å². The van der Waals surface area contributed by atoms with E-state index in [0.717, 1.165) is 23.3 Å². The highest BCUT2D eigenvalue weighted by atomic mass is 32.1. The molecule has 3 nitrogen and oxygen atoms in total. The molecule has 3 rings (SSSR count). The van der Waals surface area contributed by atoms with Crippen molar-refractivity contribution in [2.75, 3.05) is 7.11 Å². The lowest BCUT2D eigenvalue weighted by Gasteiger charge is -2.29. The number of aryl methyl sites for hydroxylation is 1. The third-order valence-electron chi connectivity index (χ3n) is 5.08. The summed E-state index contributed by atoms with van der Waals surface area (Å²) in [5.74, 6) is 1.56. The highest BCUT2D eigenvalue weighted by molar-refractivity contribution is 7.71. The van der Waals surface area contributed by atoms with Gasteiger partial charge in [-0.05, 0) is 44.4 Å². The van der Waals surface area contributed by atoms with E-state index >= 15 is 0 Å². The summed E-state index contributed by atoms with van der Waals surface area (Å²) in [7, 11) is 1.81. The zero-order chi connectivity index (χ0) is 14.7. The van der Waals surface area contributed by atoms with E-state index in [1.165, 1.54) is 62.6 Å². The number of hydrogen-bond donors (Lipinski definition) is 1. The van der Waals surface area contributed by atoms with Crippen LogP contribution in [0.15, 0.2) is 0 Å². The minimum Gasteiger partial charge on any atom is -0.373 e. The van der Waals surface area contributed by atoms with Crippen molar-refractivity contribution in [3.8, 4) is 0 Å². The molecule has 1 saturated carbocycles. The molecule has 116 valence electrons. The summed E-state index contributed by atoms with van der Waals surface area (Å²) in [4.78, 5) is 8.30. The van der Waals surface area contributed by atoms with Crippen LogP contribution < -0.4 is 0 Å². The highest BCUT2D eigenvalue weighted by Gasteiger charge is 2.27. The number of nitrogens with one attached hydrogen (secondary N) is 1. The molecule has 0 aromatic carbocycles. The topological polar surface area (TPSA) is 37.9 Å². The standard InChI is InChI=1S/C17H26N2OS/c1-20-15(12-8-4-2-5-9-12)16-18-14-11-7-3-6-10-13(14)17(21)19-16/h12,15H,2-11H2,1H3,(H,18,19,21). The summed E-state index contributed by atoms with van der Waals surface area (Å²) < 4.78 is 6.62. The Kier molecular flexibility index (Phi) is 5.07. The zero-order valence-corrected chi connectivity index (χ0v) is 13.8. The van der Waals surface area contributed by atoms with Crippen LogP contribution in [0.2, 0.25) is 0 Å². The predicted octanol–water partition coefficient (Wildman–Crippen LogP) is 4.68. The normalized spacial score (nSPS) is 21.6. The maximum atomic E-state index is 5.81. The number of fused-ring (bicyclic) bond motifs is 1. The van der Waals surface area contributed by atoms with E-state index in [0.29, 0.717) is 5.92 Å². The Morgan fingerprint density at radius 2 is 1.81 bits per heavy atom. The fraction of sp³-hybridized carbons (Fsp3) is 0.765. The van der Waals surface area contributed by atoms with Crippen LogP contribution >= 0.6 is 12.2 Å². The van der Waals surface area contributed by atoms with Crippen molar-refractivity contribution >= 4 is 12.2 Å². The van der Waals surface area contributed by atoms with Crippen LogP contribution in [0.4, 0.5) is 0 Å². The lowest BCUT2D eigenvalue weighted by atomic mass is 9.85. The predicted molar refractivity (Wildman–Crippen MR) is 87.0 cm³/mol. The van der Waals surface area contributed by atoms with E-state index in [4.69, 9.17) is 21.9 Å². The number of nitrogens with zero attached hydrogens (tertiary/aromatic N) is 1. The zero-order valence-electron chi connectivity index (χ0n) is 13.0. The molecule has 2 aliphatic rings. The molecule has 1 aromatic rings. The van der Waals surface area contributed by atoms with Gasteiger partial charge in [-0.15, -0.1) is 0 Å². The summed E-state index contributed by atoms with van der Waals surface area (Å²) in [6.07, 6.45) is 12.5. The van der Waals surface area contributed by atoms with E-state index < -0.39 is 0 Å². The second-order valence-corrected chi connectivity index (χ2v) is 6.89. The van der Waals surface area contributed by atoms with Gasteiger partial charge >= 0.3 is 0 Å². The van der Waals surface area contributed by atoms with Gasteiger partial charge in [0.25, 0.3) is 0 Å². The highest BCUT2D eigenvalue weighted by Crippen LogP contribution is 2.35. The Morgan fingerprint density at radius 3 is 2.57 bits per heavy atom. The van der Waals surface area contributed by atoms with Gasteiger partial charge in [0.15, 0.2) is 0 Å². The maximum Gasteiger partial charge on any atom is 0.137 e. The SMILES string of the molecule is COC(c1nc(=S)c2c([nH]1)CCCCC2)C1CCCCC1. The lowest BCUT2D eigenvalue weighted by molar-refractivity contribution is 0.0286. The minimum absolute atomic E-state index is 0.0838.